The molecule has 1 amide bonds. The molecule has 1 aromatic rings. The summed E-state index contributed by atoms with van der Waals surface area (Å²) in [5, 5.41) is 1.70. The zero-order valence-electron chi connectivity index (χ0n) is 11.2. The summed E-state index contributed by atoms with van der Waals surface area (Å²) in [4.78, 5) is 14.6. The van der Waals surface area contributed by atoms with Crippen molar-refractivity contribution in [3.8, 4) is 0 Å². The highest BCUT2D eigenvalue weighted by Gasteiger charge is 2.33. The number of amides is 1. The van der Waals surface area contributed by atoms with Gasteiger partial charge in [0.2, 0.25) is 10.0 Å². The normalized spacial score (nSPS) is 20.7. The van der Waals surface area contributed by atoms with Gasteiger partial charge in [0.25, 0.3) is 5.91 Å². The van der Waals surface area contributed by atoms with Gasteiger partial charge in [0.15, 0.2) is 0 Å². The van der Waals surface area contributed by atoms with E-state index in [0.717, 1.165) is 38.8 Å². The van der Waals surface area contributed by atoms with Crippen molar-refractivity contribution in [2.75, 3.05) is 26.2 Å². The number of piperidine rings is 1. The van der Waals surface area contributed by atoms with Crippen LogP contribution in [0.4, 0.5) is 0 Å². The van der Waals surface area contributed by atoms with Crippen molar-refractivity contribution in [3.05, 3.63) is 16.3 Å². The van der Waals surface area contributed by atoms with E-state index in [1.54, 1.807) is 16.3 Å². The van der Waals surface area contributed by atoms with Gasteiger partial charge in [-0.1, -0.05) is 6.42 Å². The molecule has 0 atom stereocenters. The van der Waals surface area contributed by atoms with Crippen LogP contribution in [0.25, 0.3) is 0 Å². The second kappa shape index (κ2) is 5.46. The number of carbonyl (C=O) groups excluding carboxylic acids is 1. The van der Waals surface area contributed by atoms with Gasteiger partial charge in [0, 0.05) is 26.2 Å². The van der Waals surface area contributed by atoms with Gasteiger partial charge in [-0.15, -0.1) is 11.3 Å². The Morgan fingerprint density at radius 3 is 2.35 bits per heavy atom. The van der Waals surface area contributed by atoms with E-state index in [1.165, 1.54) is 15.6 Å². The van der Waals surface area contributed by atoms with Crippen LogP contribution in [0.1, 0.15) is 35.4 Å². The third kappa shape index (κ3) is 2.38. The lowest BCUT2D eigenvalue weighted by Crippen LogP contribution is -2.42. The van der Waals surface area contributed by atoms with E-state index in [1.807, 2.05) is 0 Å². The molecule has 20 heavy (non-hydrogen) atoms. The van der Waals surface area contributed by atoms with Crippen molar-refractivity contribution in [1.82, 2.24) is 9.21 Å². The minimum Gasteiger partial charge on any atom is -0.338 e. The number of sulfonamides is 1. The molecule has 0 unspecified atom stereocenters. The number of nitrogens with zero attached hydrogens (tertiary/aromatic N) is 2. The van der Waals surface area contributed by atoms with Gasteiger partial charge in [-0.05, 0) is 30.7 Å². The van der Waals surface area contributed by atoms with Gasteiger partial charge in [-0.2, -0.15) is 4.31 Å². The van der Waals surface area contributed by atoms with Crippen LogP contribution < -0.4 is 0 Å². The monoisotopic (exact) mass is 314 g/mol. The van der Waals surface area contributed by atoms with E-state index >= 15 is 0 Å². The summed E-state index contributed by atoms with van der Waals surface area (Å²) >= 11 is 1.23. The summed E-state index contributed by atoms with van der Waals surface area (Å²) in [5.74, 6) is -0.137. The highest BCUT2D eigenvalue weighted by atomic mass is 32.2. The van der Waals surface area contributed by atoms with E-state index in [0.29, 0.717) is 18.0 Å². The van der Waals surface area contributed by atoms with Crippen LogP contribution in [0.5, 0.6) is 0 Å². The van der Waals surface area contributed by atoms with Gasteiger partial charge < -0.3 is 4.90 Å². The number of hydrogen-bond acceptors (Lipinski definition) is 4. The van der Waals surface area contributed by atoms with Gasteiger partial charge >= 0.3 is 0 Å². The van der Waals surface area contributed by atoms with Crippen LogP contribution in [0.3, 0.4) is 0 Å². The molecule has 3 heterocycles. The van der Waals surface area contributed by atoms with Gasteiger partial charge in [-0.25, -0.2) is 8.42 Å². The molecule has 0 saturated carbocycles. The third-order valence-corrected chi connectivity index (χ3v) is 6.87. The molecule has 0 aliphatic carbocycles. The Labute approximate surface area is 123 Å². The average molecular weight is 314 g/mol. The Hall–Kier alpha value is -0.920. The SMILES string of the molecule is O=C(c1sccc1S(=O)(=O)N1CCCCC1)N1CCC1. The molecule has 7 heteroatoms. The molecule has 0 radical (unpaired) electrons. The maximum absolute atomic E-state index is 12.7. The molecule has 0 bridgehead atoms. The Bertz CT molecular complexity index is 599. The Morgan fingerprint density at radius 2 is 1.75 bits per heavy atom. The fourth-order valence-electron chi connectivity index (χ4n) is 2.56. The Balaban J connectivity index is 1.89. The zero-order chi connectivity index (χ0) is 14.2. The number of hydrogen-bond donors (Lipinski definition) is 0. The number of likely N-dealkylation sites (tertiary alicyclic amines) is 1. The van der Waals surface area contributed by atoms with Crippen molar-refractivity contribution in [2.45, 2.75) is 30.6 Å². The van der Waals surface area contributed by atoms with Crippen LogP contribution in [0.2, 0.25) is 0 Å². The number of thiophene rings is 1. The van der Waals surface area contributed by atoms with E-state index in [2.05, 4.69) is 0 Å². The molecule has 2 saturated heterocycles. The maximum atomic E-state index is 12.7. The highest BCUT2D eigenvalue weighted by molar-refractivity contribution is 7.89. The molecule has 2 aliphatic heterocycles. The molecular weight excluding hydrogens is 296 g/mol. The summed E-state index contributed by atoms with van der Waals surface area (Å²) in [7, 11) is -3.52. The van der Waals surface area contributed by atoms with Crippen molar-refractivity contribution >= 4 is 27.3 Å². The van der Waals surface area contributed by atoms with Crippen molar-refractivity contribution < 1.29 is 13.2 Å². The standard InChI is InChI=1S/C13H18N2O3S2/c16-13(14-6-4-7-14)12-11(5-10-19-12)20(17,18)15-8-2-1-3-9-15/h5,10H,1-4,6-9H2. The van der Waals surface area contributed by atoms with Crippen molar-refractivity contribution in [2.24, 2.45) is 0 Å². The summed E-state index contributed by atoms with van der Waals surface area (Å²) in [6.45, 7) is 2.60. The molecule has 110 valence electrons. The largest absolute Gasteiger partial charge is 0.338 e. The van der Waals surface area contributed by atoms with Crippen LogP contribution in [-0.2, 0) is 10.0 Å². The number of rotatable bonds is 3. The van der Waals surface area contributed by atoms with E-state index in [4.69, 9.17) is 0 Å². The van der Waals surface area contributed by atoms with Gasteiger partial charge in [0.05, 0.1) is 0 Å². The predicted molar refractivity (Wildman–Crippen MR) is 77.4 cm³/mol. The maximum Gasteiger partial charge on any atom is 0.265 e. The molecule has 0 aromatic carbocycles. The quantitative estimate of drug-likeness (QED) is 0.854. The van der Waals surface area contributed by atoms with E-state index < -0.39 is 10.0 Å². The molecular formula is C13H18N2O3S2. The molecule has 0 N–H and O–H groups in total. The summed E-state index contributed by atoms with van der Waals surface area (Å²) < 4.78 is 26.8. The van der Waals surface area contributed by atoms with Crippen LogP contribution in [-0.4, -0.2) is 49.7 Å². The fourth-order valence-corrected chi connectivity index (χ4v) is 5.44. The van der Waals surface area contributed by atoms with E-state index in [-0.39, 0.29) is 10.8 Å². The lowest BCUT2D eigenvalue weighted by molar-refractivity contribution is 0.0653. The molecule has 5 nitrogen and oxygen atoms in total. The first kappa shape index (κ1) is 14.0. The number of carbonyl (C=O) groups is 1. The lowest BCUT2D eigenvalue weighted by atomic mass is 10.2. The first-order valence-corrected chi connectivity index (χ1v) is 9.29. The minimum absolute atomic E-state index is 0.137. The first-order chi connectivity index (χ1) is 9.60. The second-order valence-corrected chi connectivity index (χ2v) is 8.05. The first-order valence-electron chi connectivity index (χ1n) is 6.97. The minimum atomic E-state index is -3.52. The molecule has 2 fully saturated rings. The lowest BCUT2D eigenvalue weighted by Gasteiger charge is -2.31. The highest BCUT2D eigenvalue weighted by Crippen LogP contribution is 2.29. The van der Waals surface area contributed by atoms with E-state index in [9.17, 15) is 13.2 Å². The predicted octanol–water partition coefficient (Wildman–Crippen LogP) is 1.77. The van der Waals surface area contributed by atoms with Crippen LogP contribution in [0, 0.1) is 0 Å². The topological polar surface area (TPSA) is 57.7 Å². The van der Waals surface area contributed by atoms with Gasteiger partial charge in [-0.3, -0.25) is 4.79 Å². The molecule has 3 rings (SSSR count). The molecule has 2 aliphatic rings. The smallest absolute Gasteiger partial charge is 0.265 e. The summed E-state index contributed by atoms with van der Waals surface area (Å²) in [5.41, 5.74) is 0. The Kier molecular flexibility index (Phi) is 3.83. The molecule has 1 aromatic heterocycles. The zero-order valence-corrected chi connectivity index (χ0v) is 12.9. The summed E-state index contributed by atoms with van der Waals surface area (Å²) in [6.07, 6.45) is 3.89. The summed E-state index contributed by atoms with van der Waals surface area (Å²) in [6, 6.07) is 1.57. The fraction of sp³-hybridized carbons (Fsp3) is 0.615. The van der Waals surface area contributed by atoms with Gasteiger partial charge in [0.1, 0.15) is 9.77 Å². The van der Waals surface area contributed by atoms with Crippen molar-refractivity contribution in [1.29, 1.82) is 0 Å². The average Bonchev–Trinajstić information content (AvgIpc) is 2.87. The van der Waals surface area contributed by atoms with Crippen molar-refractivity contribution in [3.63, 3.8) is 0 Å². The Morgan fingerprint density at radius 1 is 1.05 bits per heavy atom. The third-order valence-electron chi connectivity index (χ3n) is 3.90. The van der Waals surface area contributed by atoms with Crippen LogP contribution >= 0.6 is 11.3 Å². The second-order valence-electron chi connectivity index (χ2n) is 5.22. The van der Waals surface area contributed by atoms with Crippen LogP contribution in [0.15, 0.2) is 16.3 Å². The molecule has 0 spiro atoms.